The van der Waals surface area contributed by atoms with Crippen LogP contribution in [0.15, 0.2) is 46.9 Å². The fraction of sp³-hybridized carbons (Fsp3) is 0.316. The zero-order valence-electron chi connectivity index (χ0n) is 15.8. The molecule has 27 heavy (non-hydrogen) atoms. The van der Waals surface area contributed by atoms with Gasteiger partial charge >= 0.3 is 0 Å². The molecule has 0 saturated carbocycles. The first-order valence-corrected chi connectivity index (χ1v) is 10.5. The van der Waals surface area contributed by atoms with Crippen LogP contribution in [0.4, 0.5) is 11.4 Å². The lowest BCUT2D eigenvalue weighted by atomic mass is 10.2. The monoisotopic (exact) mass is 401 g/mol. The van der Waals surface area contributed by atoms with Crippen LogP contribution in [0.5, 0.6) is 0 Å². The van der Waals surface area contributed by atoms with Crippen molar-refractivity contribution in [2.45, 2.75) is 30.8 Å². The van der Waals surface area contributed by atoms with Crippen LogP contribution in [0.25, 0.3) is 10.7 Å². The number of thiophene rings is 1. The first-order chi connectivity index (χ1) is 13.0. The van der Waals surface area contributed by atoms with Gasteiger partial charge in [-0.2, -0.15) is 0 Å². The highest BCUT2D eigenvalue weighted by Crippen LogP contribution is 2.29. The van der Waals surface area contributed by atoms with Gasteiger partial charge in [0.2, 0.25) is 5.91 Å². The first kappa shape index (κ1) is 19.4. The van der Waals surface area contributed by atoms with E-state index in [-0.39, 0.29) is 11.2 Å². The molecule has 1 atom stereocenters. The van der Waals surface area contributed by atoms with Gasteiger partial charge in [-0.05, 0) is 49.6 Å². The molecule has 1 amide bonds. The quantitative estimate of drug-likeness (QED) is 0.601. The van der Waals surface area contributed by atoms with E-state index in [0.717, 1.165) is 33.8 Å². The molecule has 8 heteroatoms. The Kier molecular flexibility index (Phi) is 6.18. The maximum absolute atomic E-state index is 12.6. The number of nitrogens with one attached hydrogen (secondary N) is 1. The van der Waals surface area contributed by atoms with Gasteiger partial charge in [-0.25, -0.2) is 0 Å². The van der Waals surface area contributed by atoms with Gasteiger partial charge in [-0.3, -0.25) is 4.79 Å². The highest BCUT2D eigenvalue weighted by Gasteiger charge is 2.20. The Morgan fingerprint density at radius 2 is 2.00 bits per heavy atom. The van der Waals surface area contributed by atoms with E-state index in [1.54, 1.807) is 11.3 Å². The predicted molar refractivity (Wildman–Crippen MR) is 114 cm³/mol. The highest BCUT2D eigenvalue weighted by atomic mass is 32.2. The third-order valence-electron chi connectivity index (χ3n) is 4.08. The molecule has 0 aliphatic rings. The van der Waals surface area contributed by atoms with Gasteiger partial charge in [-0.15, -0.1) is 21.5 Å². The van der Waals surface area contributed by atoms with Gasteiger partial charge in [0.25, 0.3) is 0 Å². The van der Waals surface area contributed by atoms with E-state index in [2.05, 4.69) is 22.4 Å². The average Bonchev–Trinajstić information content (AvgIpc) is 3.31. The van der Waals surface area contributed by atoms with Gasteiger partial charge in [0.1, 0.15) is 0 Å². The molecule has 142 valence electrons. The van der Waals surface area contributed by atoms with Crippen molar-refractivity contribution in [3.05, 3.63) is 41.8 Å². The summed E-state index contributed by atoms with van der Waals surface area (Å²) in [5.74, 6) is 0.794. The second kappa shape index (κ2) is 8.58. The summed E-state index contributed by atoms with van der Waals surface area (Å²) >= 11 is 3.06. The average molecular weight is 402 g/mol. The van der Waals surface area contributed by atoms with Crippen LogP contribution in [0.3, 0.4) is 0 Å². The van der Waals surface area contributed by atoms with Crippen molar-refractivity contribution < 1.29 is 4.79 Å². The fourth-order valence-electron chi connectivity index (χ4n) is 2.55. The summed E-state index contributed by atoms with van der Waals surface area (Å²) in [6, 6.07) is 11.8. The number of carbonyl (C=O) groups is 1. The van der Waals surface area contributed by atoms with E-state index in [4.69, 9.17) is 0 Å². The molecule has 0 radical (unpaired) electrons. The number of thioether (sulfide) groups is 1. The Labute approximate surface area is 167 Å². The van der Waals surface area contributed by atoms with Gasteiger partial charge in [0.05, 0.1) is 10.1 Å². The topological polar surface area (TPSA) is 63.1 Å². The van der Waals surface area contributed by atoms with Gasteiger partial charge < -0.3 is 14.8 Å². The van der Waals surface area contributed by atoms with Crippen molar-refractivity contribution >= 4 is 40.4 Å². The summed E-state index contributed by atoms with van der Waals surface area (Å²) in [7, 11) is 3.97. The Bertz CT molecular complexity index is 887. The minimum Gasteiger partial charge on any atom is -0.378 e. The van der Waals surface area contributed by atoms with E-state index in [9.17, 15) is 4.79 Å². The molecule has 0 fully saturated rings. The van der Waals surface area contributed by atoms with Crippen LogP contribution >= 0.6 is 23.1 Å². The molecule has 0 unspecified atom stereocenters. The Hall–Kier alpha value is -2.32. The molecular formula is C19H23N5OS2. The van der Waals surface area contributed by atoms with Crippen LogP contribution in [-0.4, -0.2) is 40.0 Å². The minimum absolute atomic E-state index is 0.0547. The highest BCUT2D eigenvalue weighted by molar-refractivity contribution is 8.00. The largest absolute Gasteiger partial charge is 0.378 e. The maximum Gasteiger partial charge on any atom is 0.237 e. The molecule has 0 bridgehead atoms. The molecule has 1 aromatic carbocycles. The number of benzene rings is 1. The SMILES string of the molecule is CCn1c(S[C@H](C)C(=O)Nc2ccc(N(C)C)cc2)nnc1-c1cccs1. The normalized spacial score (nSPS) is 12.0. The van der Waals surface area contributed by atoms with Crippen molar-refractivity contribution in [3.63, 3.8) is 0 Å². The lowest BCUT2D eigenvalue weighted by Gasteiger charge is -2.15. The molecule has 0 aliphatic heterocycles. The lowest BCUT2D eigenvalue weighted by molar-refractivity contribution is -0.115. The summed E-state index contributed by atoms with van der Waals surface area (Å²) in [4.78, 5) is 15.7. The Morgan fingerprint density at radius 3 is 2.59 bits per heavy atom. The molecule has 0 saturated heterocycles. The number of nitrogens with zero attached hydrogens (tertiary/aromatic N) is 4. The summed E-state index contributed by atoms with van der Waals surface area (Å²) < 4.78 is 2.05. The number of hydrogen-bond acceptors (Lipinski definition) is 6. The molecule has 1 N–H and O–H groups in total. The molecule has 2 aromatic heterocycles. The molecule has 6 nitrogen and oxygen atoms in total. The van der Waals surface area contributed by atoms with E-state index < -0.39 is 0 Å². The fourth-order valence-corrected chi connectivity index (χ4v) is 4.18. The van der Waals surface area contributed by atoms with Gasteiger partial charge in [0, 0.05) is 32.0 Å². The van der Waals surface area contributed by atoms with Crippen LogP contribution in [0.1, 0.15) is 13.8 Å². The molecule has 3 rings (SSSR count). The van der Waals surface area contributed by atoms with Crippen molar-refractivity contribution in [1.29, 1.82) is 0 Å². The summed E-state index contributed by atoms with van der Waals surface area (Å²) in [6.07, 6.45) is 0. The number of aromatic nitrogens is 3. The summed E-state index contributed by atoms with van der Waals surface area (Å²) in [5, 5.41) is 14.1. The Balaban J connectivity index is 1.68. The van der Waals surface area contributed by atoms with Crippen LogP contribution in [0, 0.1) is 0 Å². The predicted octanol–water partition coefficient (Wildman–Crippen LogP) is 4.21. The number of hydrogen-bond donors (Lipinski definition) is 1. The van der Waals surface area contributed by atoms with E-state index in [1.807, 2.05) is 72.3 Å². The number of carbonyl (C=O) groups excluding carboxylic acids is 1. The van der Waals surface area contributed by atoms with E-state index in [1.165, 1.54) is 11.8 Å². The van der Waals surface area contributed by atoms with Crippen LogP contribution < -0.4 is 10.2 Å². The summed E-state index contributed by atoms with van der Waals surface area (Å²) in [6.45, 7) is 4.69. The zero-order chi connectivity index (χ0) is 19.4. The third kappa shape index (κ3) is 4.51. The molecule has 0 aliphatic carbocycles. The molecule has 3 aromatic rings. The maximum atomic E-state index is 12.6. The van der Waals surface area contributed by atoms with Crippen molar-refractivity contribution in [2.75, 3.05) is 24.3 Å². The molecular weight excluding hydrogens is 378 g/mol. The van der Waals surface area contributed by atoms with Gasteiger partial charge in [-0.1, -0.05) is 17.8 Å². The third-order valence-corrected chi connectivity index (χ3v) is 6.02. The van der Waals surface area contributed by atoms with Crippen molar-refractivity contribution in [3.8, 4) is 10.7 Å². The second-order valence-electron chi connectivity index (χ2n) is 6.22. The number of anilines is 2. The first-order valence-electron chi connectivity index (χ1n) is 8.71. The lowest BCUT2D eigenvalue weighted by Crippen LogP contribution is -2.23. The smallest absolute Gasteiger partial charge is 0.237 e. The second-order valence-corrected chi connectivity index (χ2v) is 8.47. The molecule has 2 heterocycles. The summed E-state index contributed by atoms with van der Waals surface area (Å²) in [5.41, 5.74) is 1.88. The molecule has 0 spiro atoms. The van der Waals surface area contributed by atoms with E-state index in [0.29, 0.717) is 0 Å². The standard InChI is InChI=1S/C19H23N5OS2/c1-5-24-17(16-7-6-12-26-16)21-22-19(24)27-13(2)18(25)20-14-8-10-15(11-9-14)23(3)4/h6-13H,5H2,1-4H3,(H,20,25)/t13-/m1/s1. The van der Waals surface area contributed by atoms with Crippen LogP contribution in [0.2, 0.25) is 0 Å². The minimum atomic E-state index is -0.288. The number of rotatable bonds is 7. The van der Waals surface area contributed by atoms with Crippen LogP contribution in [-0.2, 0) is 11.3 Å². The van der Waals surface area contributed by atoms with Crippen molar-refractivity contribution in [2.24, 2.45) is 0 Å². The van der Waals surface area contributed by atoms with E-state index >= 15 is 0 Å². The zero-order valence-corrected chi connectivity index (χ0v) is 17.5. The Morgan fingerprint density at radius 1 is 1.26 bits per heavy atom. The van der Waals surface area contributed by atoms with Crippen molar-refractivity contribution in [1.82, 2.24) is 14.8 Å². The van der Waals surface area contributed by atoms with Gasteiger partial charge in [0.15, 0.2) is 11.0 Å². The number of amides is 1.